The van der Waals surface area contributed by atoms with E-state index in [9.17, 15) is 4.79 Å². The van der Waals surface area contributed by atoms with Crippen molar-refractivity contribution in [3.8, 4) is 0 Å². The molecule has 0 unspecified atom stereocenters. The third-order valence-corrected chi connectivity index (χ3v) is 2.97. The first-order valence-electron chi connectivity index (χ1n) is 4.25. The van der Waals surface area contributed by atoms with Crippen LogP contribution in [0, 0.1) is 6.92 Å². The maximum absolute atomic E-state index is 11.3. The zero-order valence-electron chi connectivity index (χ0n) is 7.67. The van der Waals surface area contributed by atoms with Crippen molar-refractivity contribution in [3.63, 3.8) is 0 Å². The maximum atomic E-state index is 11.3. The number of H-pyrrole nitrogens is 1. The first-order valence-corrected chi connectivity index (χ1v) is 5.78. The van der Waals surface area contributed by atoms with Crippen LogP contribution in [0.5, 0.6) is 0 Å². The van der Waals surface area contributed by atoms with Gasteiger partial charge in [-0.25, -0.2) is 0 Å². The number of hydrogen-bond donors (Lipinski definition) is 1. The summed E-state index contributed by atoms with van der Waals surface area (Å²) in [4.78, 5) is 18.4. The van der Waals surface area contributed by atoms with Crippen molar-refractivity contribution in [2.75, 3.05) is 0 Å². The van der Waals surface area contributed by atoms with Gasteiger partial charge in [-0.15, -0.1) is 0 Å². The molecular weight excluding hydrogens is 291 g/mol. The lowest BCUT2D eigenvalue weighted by molar-refractivity contribution is 1.20. The number of aromatic nitrogens is 2. The number of pyridine rings is 2. The van der Waals surface area contributed by atoms with Crippen LogP contribution in [0.4, 0.5) is 0 Å². The van der Waals surface area contributed by atoms with E-state index in [2.05, 4.69) is 32.6 Å². The van der Waals surface area contributed by atoms with E-state index in [-0.39, 0.29) is 5.56 Å². The normalized spacial score (nSPS) is 10.7. The molecule has 0 atom stereocenters. The van der Waals surface area contributed by atoms with Crippen molar-refractivity contribution in [2.45, 2.75) is 11.4 Å². The third-order valence-electron chi connectivity index (χ3n) is 2.09. The summed E-state index contributed by atoms with van der Waals surface area (Å²) in [6, 6.07) is 3.78. The summed E-state index contributed by atoms with van der Waals surface area (Å²) in [6.45, 7) is 1.78. The van der Waals surface area contributed by atoms with Crippen LogP contribution in [0.2, 0.25) is 0 Å². The van der Waals surface area contributed by atoms with E-state index in [1.807, 2.05) is 18.3 Å². The van der Waals surface area contributed by atoms with Crippen molar-refractivity contribution in [1.82, 2.24) is 9.97 Å². The number of fused-ring (bicyclic) bond motifs is 1. The van der Waals surface area contributed by atoms with Crippen LogP contribution < -0.4 is 5.56 Å². The largest absolute Gasteiger partial charge is 0.320 e. The smallest absolute Gasteiger partial charge is 0.251 e. The van der Waals surface area contributed by atoms with Gasteiger partial charge in [0, 0.05) is 16.2 Å². The second kappa shape index (κ2) is 3.68. The summed E-state index contributed by atoms with van der Waals surface area (Å²) in [6.07, 6.45) is 1.84. The van der Waals surface area contributed by atoms with E-state index in [1.165, 1.54) is 0 Å². The predicted octanol–water partition coefficient (Wildman–Crippen LogP) is 2.17. The van der Waals surface area contributed by atoms with Crippen LogP contribution in [-0.2, 0) is 4.43 Å². The number of aromatic amines is 1. The van der Waals surface area contributed by atoms with Crippen molar-refractivity contribution in [1.29, 1.82) is 0 Å². The Hall–Kier alpha value is -0.910. The van der Waals surface area contributed by atoms with Crippen molar-refractivity contribution >= 4 is 33.6 Å². The van der Waals surface area contributed by atoms with E-state index in [0.717, 1.165) is 21.0 Å². The molecule has 4 heteroatoms. The van der Waals surface area contributed by atoms with Crippen LogP contribution in [0.25, 0.3) is 11.0 Å². The minimum absolute atomic E-state index is 0.0371. The Labute approximate surface area is 94.7 Å². The lowest BCUT2D eigenvalue weighted by Crippen LogP contribution is -2.09. The van der Waals surface area contributed by atoms with Gasteiger partial charge >= 0.3 is 0 Å². The molecule has 0 fully saturated rings. The molecule has 0 radical (unpaired) electrons. The standard InChI is InChI=1S/C10H9IN2O/c1-6-2-8-9(13-10(6)14)3-7(4-11)5-12-8/h2-3,5H,4H2,1H3,(H,13,14). The van der Waals surface area contributed by atoms with Crippen LogP contribution >= 0.6 is 22.6 Å². The van der Waals surface area contributed by atoms with E-state index < -0.39 is 0 Å². The highest BCUT2D eigenvalue weighted by Crippen LogP contribution is 2.12. The van der Waals surface area contributed by atoms with Gasteiger partial charge in [-0.1, -0.05) is 22.6 Å². The lowest BCUT2D eigenvalue weighted by Gasteiger charge is -2.00. The molecule has 0 saturated carbocycles. The highest BCUT2D eigenvalue weighted by molar-refractivity contribution is 14.1. The van der Waals surface area contributed by atoms with Crippen LogP contribution in [0.1, 0.15) is 11.1 Å². The van der Waals surface area contributed by atoms with E-state index in [1.54, 1.807) is 6.92 Å². The molecule has 0 bridgehead atoms. The third kappa shape index (κ3) is 1.66. The molecule has 0 amide bonds. The van der Waals surface area contributed by atoms with E-state index >= 15 is 0 Å². The number of aryl methyl sites for hydroxylation is 1. The lowest BCUT2D eigenvalue weighted by atomic mass is 10.2. The summed E-state index contributed by atoms with van der Waals surface area (Å²) >= 11 is 2.27. The Bertz CT molecular complexity index is 533. The minimum Gasteiger partial charge on any atom is -0.320 e. The molecule has 72 valence electrons. The summed E-state index contributed by atoms with van der Waals surface area (Å²) in [5.74, 6) is 0. The Morgan fingerprint density at radius 1 is 1.50 bits per heavy atom. The van der Waals surface area contributed by atoms with E-state index in [0.29, 0.717) is 5.56 Å². The molecule has 2 rings (SSSR count). The second-order valence-corrected chi connectivity index (χ2v) is 3.95. The molecule has 3 nitrogen and oxygen atoms in total. The van der Waals surface area contributed by atoms with Gasteiger partial charge in [-0.3, -0.25) is 9.78 Å². The fraction of sp³-hybridized carbons (Fsp3) is 0.200. The van der Waals surface area contributed by atoms with Gasteiger partial charge in [0.25, 0.3) is 5.56 Å². The molecule has 0 aliphatic carbocycles. The van der Waals surface area contributed by atoms with Gasteiger partial charge in [0.15, 0.2) is 0 Å². The molecule has 2 aromatic rings. The van der Waals surface area contributed by atoms with E-state index in [4.69, 9.17) is 0 Å². The van der Waals surface area contributed by atoms with Crippen LogP contribution in [0.3, 0.4) is 0 Å². The topological polar surface area (TPSA) is 45.8 Å². The van der Waals surface area contributed by atoms with Gasteiger partial charge in [0.2, 0.25) is 0 Å². The number of rotatable bonds is 1. The number of alkyl halides is 1. The zero-order valence-corrected chi connectivity index (χ0v) is 9.83. The number of nitrogens with one attached hydrogen (secondary N) is 1. The molecule has 0 aliphatic heterocycles. The Kier molecular flexibility index (Phi) is 2.54. The quantitative estimate of drug-likeness (QED) is 0.648. The molecule has 0 saturated heterocycles. The fourth-order valence-corrected chi connectivity index (χ4v) is 1.72. The summed E-state index contributed by atoms with van der Waals surface area (Å²) in [7, 11) is 0. The highest BCUT2D eigenvalue weighted by Gasteiger charge is 2.00. The molecule has 14 heavy (non-hydrogen) atoms. The molecular formula is C10H9IN2O. The molecule has 0 aromatic carbocycles. The summed E-state index contributed by atoms with van der Waals surface area (Å²) in [5, 5.41) is 0. The second-order valence-electron chi connectivity index (χ2n) is 3.19. The van der Waals surface area contributed by atoms with Crippen molar-refractivity contribution < 1.29 is 0 Å². The molecule has 1 N–H and O–H groups in total. The predicted molar refractivity (Wildman–Crippen MR) is 64.8 cm³/mol. The zero-order chi connectivity index (χ0) is 10.1. The molecule has 0 spiro atoms. The van der Waals surface area contributed by atoms with Crippen LogP contribution in [-0.4, -0.2) is 9.97 Å². The summed E-state index contributed by atoms with van der Waals surface area (Å²) in [5.41, 5.74) is 3.44. The molecule has 2 aromatic heterocycles. The maximum Gasteiger partial charge on any atom is 0.251 e. The Morgan fingerprint density at radius 3 is 3.00 bits per heavy atom. The Balaban J connectivity index is 2.77. The van der Waals surface area contributed by atoms with Crippen molar-refractivity contribution in [2.24, 2.45) is 0 Å². The van der Waals surface area contributed by atoms with Crippen LogP contribution in [0.15, 0.2) is 23.1 Å². The number of hydrogen-bond acceptors (Lipinski definition) is 2. The average molecular weight is 300 g/mol. The Morgan fingerprint density at radius 2 is 2.29 bits per heavy atom. The molecule has 0 aliphatic rings. The first kappa shape index (κ1) is 9.64. The molecule has 2 heterocycles. The van der Waals surface area contributed by atoms with Gasteiger partial charge in [0.05, 0.1) is 11.0 Å². The number of nitrogens with zero attached hydrogens (tertiary/aromatic N) is 1. The minimum atomic E-state index is -0.0371. The first-order chi connectivity index (χ1) is 6.70. The summed E-state index contributed by atoms with van der Waals surface area (Å²) < 4.78 is 0.899. The van der Waals surface area contributed by atoms with Gasteiger partial charge in [-0.2, -0.15) is 0 Å². The number of halogens is 1. The highest BCUT2D eigenvalue weighted by atomic mass is 127. The average Bonchev–Trinajstić information content (AvgIpc) is 2.19. The SMILES string of the molecule is Cc1cc2ncc(CI)cc2[nH]c1=O. The van der Waals surface area contributed by atoms with Gasteiger partial charge in [-0.05, 0) is 24.6 Å². The van der Waals surface area contributed by atoms with Gasteiger partial charge in [0.1, 0.15) is 0 Å². The fourth-order valence-electron chi connectivity index (χ4n) is 1.30. The monoisotopic (exact) mass is 300 g/mol. The van der Waals surface area contributed by atoms with Crippen molar-refractivity contribution in [3.05, 3.63) is 39.8 Å². The van der Waals surface area contributed by atoms with Gasteiger partial charge < -0.3 is 4.98 Å².